The van der Waals surface area contributed by atoms with Gasteiger partial charge in [-0.3, -0.25) is 4.79 Å². The lowest BCUT2D eigenvalue weighted by Gasteiger charge is -2.13. The highest BCUT2D eigenvalue weighted by Crippen LogP contribution is 2.11. The Labute approximate surface area is 101 Å². The number of hydrogen-bond donors (Lipinski definition) is 2. The molecule has 0 saturated carbocycles. The first-order valence-electron chi connectivity index (χ1n) is 5.84. The Balaban J connectivity index is 2.54. The Morgan fingerprint density at radius 2 is 2.06 bits per heavy atom. The molecule has 1 aromatic rings. The zero-order valence-electron chi connectivity index (χ0n) is 9.95. The minimum Gasteiger partial charge on any atom is -0.508 e. The largest absolute Gasteiger partial charge is 0.508 e. The van der Waals surface area contributed by atoms with Crippen LogP contribution >= 0.6 is 0 Å². The van der Waals surface area contributed by atoms with Crippen molar-refractivity contribution >= 4 is 6.04 Å². The molecule has 4 heteroatoms. The van der Waals surface area contributed by atoms with Gasteiger partial charge in [-0.2, -0.15) is 4.39 Å². The lowest BCUT2D eigenvalue weighted by molar-refractivity contribution is -0.131. The summed E-state index contributed by atoms with van der Waals surface area (Å²) in [6.07, 6.45) is 2.22. The SMILES string of the molecule is CCCCNC(Cc1ccc(O)cc1)C(=O)F. The normalized spacial score (nSPS) is 12.4. The number of phenolic OH excluding ortho intramolecular Hbond substituents is 1. The molecule has 0 fully saturated rings. The van der Waals surface area contributed by atoms with Gasteiger partial charge in [0.1, 0.15) is 11.8 Å². The predicted molar refractivity (Wildman–Crippen MR) is 64.6 cm³/mol. The quantitative estimate of drug-likeness (QED) is 0.566. The number of benzene rings is 1. The van der Waals surface area contributed by atoms with E-state index in [1.807, 2.05) is 6.92 Å². The van der Waals surface area contributed by atoms with Crippen LogP contribution < -0.4 is 5.32 Å². The maximum absolute atomic E-state index is 12.8. The van der Waals surface area contributed by atoms with Gasteiger partial charge in [-0.25, -0.2) is 0 Å². The van der Waals surface area contributed by atoms with E-state index in [0.29, 0.717) is 13.0 Å². The monoisotopic (exact) mass is 239 g/mol. The Bertz CT molecular complexity index is 351. The van der Waals surface area contributed by atoms with Crippen LogP contribution in [-0.2, 0) is 11.2 Å². The summed E-state index contributed by atoms with van der Waals surface area (Å²) in [5, 5.41) is 12.0. The molecular weight excluding hydrogens is 221 g/mol. The molecule has 1 unspecified atom stereocenters. The first-order chi connectivity index (χ1) is 8.13. The first kappa shape index (κ1) is 13.6. The van der Waals surface area contributed by atoms with Gasteiger partial charge < -0.3 is 10.4 Å². The zero-order valence-corrected chi connectivity index (χ0v) is 9.95. The second-order valence-electron chi connectivity index (χ2n) is 4.03. The van der Waals surface area contributed by atoms with Gasteiger partial charge in [-0.1, -0.05) is 25.5 Å². The van der Waals surface area contributed by atoms with Crippen molar-refractivity contribution in [2.75, 3.05) is 6.54 Å². The molecule has 1 atom stereocenters. The van der Waals surface area contributed by atoms with Gasteiger partial charge >= 0.3 is 6.04 Å². The lowest BCUT2D eigenvalue weighted by Crippen LogP contribution is -2.37. The van der Waals surface area contributed by atoms with E-state index in [4.69, 9.17) is 5.11 Å². The fraction of sp³-hybridized carbons (Fsp3) is 0.462. The molecule has 1 aromatic carbocycles. The molecule has 0 aromatic heterocycles. The Morgan fingerprint density at radius 1 is 1.41 bits per heavy atom. The maximum atomic E-state index is 12.8. The van der Waals surface area contributed by atoms with Crippen LogP contribution in [0.15, 0.2) is 24.3 Å². The molecule has 0 heterocycles. The molecule has 0 aliphatic carbocycles. The summed E-state index contributed by atoms with van der Waals surface area (Å²) in [5.41, 5.74) is 0.822. The third-order valence-corrected chi connectivity index (χ3v) is 2.57. The maximum Gasteiger partial charge on any atom is 0.318 e. The zero-order chi connectivity index (χ0) is 12.7. The first-order valence-corrected chi connectivity index (χ1v) is 5.84. The summed E-state index contributed by atoms with van der Waals surface area (Å²) in [4.78, 5) is 10.8. The molecule has 0 spiro atoms. The van der Waals surface area contributed by atoms with Gasteiger partial charge in [0.15, 0.2) is 0 Å². The van der Waals surface area contributed by atoms with Gasteiger partial charge in [0.2, 0.25) is 0 Å². The van der Waals surface area contributed by atoms with Crippen molar-refractivity contribution in [3.05, 3.63) is 29.8 Å². The molecule has 2 N–H and O–H groups in total. The predicted octanol–water partition coefficient (Wildman–Crippen LogP) is 2.19. The van der Waals surface area contributed by atoms with Crippen molar-refractivity contribution in [1.82, 2.24) is 5.32 Å². The fourth-order valence-corrected chi connectivity index (χ4v) is 1.55. The second-order valence-corrected chi connectivity index (χ2v) is 4.03. The number of carbonyl (C=O) groups excluding carboxylic acids is 1. The van der Waals surface area contributed by atoms with Gasteiger partial charge in [0.25, 0.3) is 0 Å². The molecule has 0 aliphatic rings. The van der Waals surface area contributed by atoms with E-state index < -0.39 is 12.1 Å². The standard InChI is InChI=1S/C13H18FNO2/c1-2-3-8-15-12(13(14)17)9-10-4-6-11(16)7-5-10/h4-7,12,15-16H,2-3,8-9H2,1H3. The number of carbonyl (C=O) groups is 1. The fourth-order valence-electron chi connectivity index (χ4n) is 1.55. The molecule has 94 valence electrons. The minimum atomic E-state index is -1.34. The van der Waals surface area contributed by atoms with Crippen molar-refractivity contribution in [1.29, 1.82) is 0 Å². The van der Waals surface area contributed by atoms with E-state index in [1.165, 1.54) is 12.1 Å². The van der Waals surface area contributed by atoms with Crippen molar-refractivity contribution in [2.24, 2.45) is 0 Å². The molecule has 1 rings (SSSR count). The van der Waals surface area contributed by atoms with Crippen molar-refractivity contribution in [2.45, 2.75) is 32.2 Å². The number of nitrogens with one attached hydrogen (secondary N) is 1. The average molecular weight is 239 g/mol. The second kappa shape index (κ2) is 7.01. The van der Waals surface area contributed by atoms with E-state index in [1.54, 1.807) is 12.1 Å². The third-order valence-electron chi connectivity index (χ3n) is 2.57. The third kappa shape index (κ3) is 4.95. The molecular formula is C13H18FNO2. The highest BCUT2D eigenvalue weighted by Gasteiger charge is 2.17. The molecule has 0 radical (unpaired) electrons. The summed E-state index contributed by atoms with van der Waals surface area (Å²) in [5.74, 6) is 0.163. The van der Waals surface area contributed by atoms with Crippen molar-refractivity contribution in [3.8, 4) is 5.75 Å². The number of rotatable bonds is 7. The van der Waals surface area contributed by atoms with Crippen LogP contribution in [0.25, 0.3) is 0 Å². The van der Waals surface area contributed by atoms with Crippen LogP contribution in [0.1, 0.15) is 25.3 Å². The topological polar surface area (TPSA) is 49.3 Å². The van der Waals surface area contributed by atoms with Gasteiger partial charge in [-0.05, 0) is 37.1 Å². The van der Waals surface area contributed by atoms with Gasteiger partial charge in [-0.15, -0.1) is 0 Å². The van der Waals surface area contributed by atoms with Crippen molar-refractivity contribution in [3.63, 3.8) is 0 Å². The van der Waals surface area contributed by atoms with Crippen molar-refractivity contribution < 1.29 is 14.3 Å². The minimum absolute atomic E-state index is 0.163. The summed E-state index contributed by atoms with van der Waals surface area (Å²) in [6.45, 7) is 2.67. The number of halogens is 1. The number of unbranched alkanes of at least 4 members (excludes halogenated alkanes) is 1. The molecule has 0 amide bonds. The Morgan fingerprint density at radius 3 is 2.59 bits per heavy atom. The molecule has 17 heavy (non-hydrogen) atoms. The van der Waals surface area contributed by atoms with E-state index in [2.05, 4.69) is 5.32 Å². The number of aromatic hydroxyl groups is 1. The van der Waals surface area contributed by atoms with E-state index in [-0.39, 0.29) is 5.75 Å². The number of hydrogen-bond acceptors (Lipinski definition) is 3. The van der Waals surface area contributed by atoms with Crippen LogP contribution in [0.5, 0.6) is 5.75 Å². The van der Waals surface area contributed by atoms with E-state index >= 15 is 0 Å². The molecule has 0 aliphatic heterocycles. The van der Waals surface area contributed by atoms with E-state index in [0.717, 1.165) is 18.4 Å². The molecule has 0 bridgehead atoms. The average Bonchev–Trinajstić information content (AvgIpc) is 2.30. The summed E-state index contributed by atoms with van der Waals surface area (Å²) in [7, 11) is 0. The van der Waals surface area contributed by atoms with Gasteiger partial charge in [0, 0.05) is 0 Å². The van der Waals surface area contributed by atoms with Crippen LogP contribution in [-0.4, -0.2) is 23.7 Å². The summed E-state index contributed by atoms with van der Waals surface area (Å²) in [6, 6.07) is 4.31. The summed E-state index contributed by atoms with van der Waals surface area (Å²) >= 11 is 0. The highest BCUT2D eigenvalue weighted by molar-refractivity contribution is 5.74. The lowest BCUT2D eigenvalue weighted by atomic mass is 10.1. The van der Waals surface area contributed by atoms with Crippen LogP contribution in [0.4, 0.5) is 4.39 Å². The van der Waals surface area contributed by atoms with Crippen LogP contribution in [0, 0.1) is 0 Å². The number of phenols is 1. The van der Waals surface area contributed by atoms with E-state index in [9.17, 15) is 9.18 Å². The molecule has 3 nitrogen and oxygen atoms in total. The van der Waals surface area contributed by atoms with Gasteiger partial charge in [0.05, 0.1) is 0 Å². The van der Waals surface area contributed by atoms with Crippen LogP contribution in [0.2, 0.25) is 0 Å². The summed E-state index contributed by atoms with van der Waals surface area (Å²) < 4.78 is 12.8. The Hall–Kier alpha value is -1.42. The molecule has 0 saturated heterocycles. The highest BCUT2D eigenvalue weighted by atomic mass is 19.1. The Kier molecular flexibility index (Phi) is 5.63. The van der Waals surface area contributed by atoms with Crippen LogP contribution in [0.3, 0.4) is 0 Å². The smallest absolute Gasteiger partial charge is 0.318 e.